The Balaban J connectivity index is 1.35. The third-order valence-corrected chi connectivity index (χ3v) is 6.76. The minimum absolute atomic E-state index is 0.269. The molecular weight excluding hydrogens is 540 g/mol. The first kappa shape index (κ1) is 31.9. The van der Waals surface area contributed by atoms with Gasteiger partial charge in [-0.25, -0.2) is 10.1 Å². The number of benzene rings is 4. The van der Waals surface area contributed by atoms with Crippen LogP contribution in [0.15, 0.2) is 97.1 Å². The van der Waals surface area contributed by atoms with Gasteiger partial charge in [-0.3, -0.25) is 0 Å². The van der Waals surface area contributed by atoms with Crippen molar-refractivity contribution in [2.75, 3.05) is 36.6 Å². The van der Waals surface area contributed by atoms with Gasteiger partial charge in [-0.15, -0.1) is 0 Å². The zero-order valence-corrected chi connectivity index (χ0v) is 26.0. The van der Waals surface area contributed by atoms with Gasteiger partial charge in [-0.05, 0) is 88.1 Å². The van der Waals surface area contributed by atoms with Crippen LogP contribution in [-0.2, 0) is 15.2 Å². The second-order valence-electron chi connectivity index (χ2n) is 12.3. The maximum atomic E-state index is 13.2. The number of nitrogens with zero attached hydrogens (tertiary/aromatic N) is 2. The summed E-state index contributed by atoms with van der Waals surface area (Å²) in [5.74, 6) is 1.01. The van der Waals surface area contributed by atoms with Crippen LogP contribution in [0.1, 0.15) is 41.5 Å². The molecule has 0 fully saturated rings. The second-order valence-corrected chi connectivity index (χ2v) is 12.3. The average molecular weight is 583 g/mol. The molecule has 0 saturated carbocycles. The fourth-order valence-corrected chi connectivity index (χ4v) is 4.46. The van der Waals surface area contributed by atoms with Crippen LogP contribution in [0.4, 0.5) is 11.4 Å². The van der Waals surface area contributed by atoms with E-state index in [1.807, 2.05) is 139 Å². The molecular formula is C36H42N2O5. The van der Waals surface area contributed by atoms with Crippen LogP contribution in [0.3, 0.4) is 0 Å². The molecule has 0 amide bonds. The molecule has 4 aromatic carbocycles. The Hall–Kier alpha value is -4.04. The highest BCUT2D eigenvalue weighted by molar-refractivity contribution is 5.73. The van der Waals surface area contributed by atoms with Crippen LogP contribution < -0.4 is 19.6 Å². The highest BCUT2D eigenvalue weighted by Crippen LogP contribution is 2.37. The lowest BCUT2D eigenvalue weighted by Crippen LogP contribution is -2.37. The van der Waals surface area contributed by atoms with Crippen molar-refractivity contribution in [1.82, 2.24) is 0 Å². The van der Waals surface area contributed by atoms with Crippen molar-refractivity contribution in [1.29, 1.82) is 0 Å². The molecule has 0 aromatic heterocycles. The molecule has 4 aromatic rings. The van der Waals surface area contributed by atoms with Gasteiger partial charge in [-0.1, -0.05) is 83.2 Å². The molecule has 0 bridgehead atoms. The summed E-state index contributed by atoms with van der Waals surface area (Å²) in [6.07, 6.45) is 0. The summed E-state index contributed by atoms with van der Waals surface area (Å²) in [5.41, 5.74) is 3.64. The van der Waals surface area contributed by atoms with Gasteiger partial charge in [0.1, 0.15) is 36.1 Å². The Morgan fingerprint density at radius 2 is 0.860 bits per heavy atom. The maximum Gasteiger partial charge on any atom is 0.145 e. The zero-order valence-electron chi connectivity index (χ0n) is 26.0. The summed E-state index contributed by atoms with van der Waals surface area (Å²) in [6, 6.07) is 31.2. The van der Waals surface area contributed by atoms with Crippen LogP contribution in [0, 0.1) is 0 Å². The Labute approximate surface area is 255 Å². The first-order valence-electron chi connectivity index (χ1n) is 14.6. The van der Waals surface area contributed by atoms with E-state index in [0.717, 1.165) is 32.4 Å². The lowest BCUT2D eigenvalue weighted by Gasteiger charge is -2.30. The quantitative estimate of drug-likeness (QED) is 0.124. The van der Waals surface area contributed by atoms with Gasteiger partial charge in [0.2, 0.25) is 0 Å². The van der Waals surface area contributed by atoms with E-state index < -0.39 is 11.1 Å². The SMILES string of the molecule is CC(C)(C)N([O])c1cc(-c2ccccc2)ccc1OCCOCCOc1ccc(-c2ccccc2)cc1N([O])C(C)(C)C. The summed E-state index contributed by atoms with van der Waals surface area (Å²) in [6.45, 7) is 12.4. The highest BCUT2D eigenvalue weighted by Gasteiger charge is 2.26. The molecule has 0 atom stereocenters. The highest BCUT2D eigenvalue weighted by atomic mass is 16.6. The molecule has 0 spiro atoms. The summed E-state index contributed by atoms with van der Waals surface area (Å²) in [5, 5.41) is 28.3. The molecule has 0 aliphatic rings. The lowest BCUT2D eigenvalue weighted by molar-refractivity contribution is 0.0719. The first-order valence-corrected chi connectivity index (χ1v) is 14.6. The number of hydrogen-bond acceptors (Lipinski definition) is 5. The van der Waals surface area contributed by atoms with E-state index in [-0.39, 0.29) is 13.2 Å². The van der Waals surface area contributed by atoms with Crippen molar-refractivity contribution in [3.8, 4) is 33.8 Å². The van der Waals surface area contributed by atoms with Gasteiger partial charge in [-0.2, -0.15) is 0 Å². The van der Waals surface area contributed by atoms with Crippen molar-refractivity contribution in [2.24, 2.45) is 0 Å². The first-order chi connectivity index (χ1) is 20.4. The number of rotatable bonds is 12. The minimum Gasteiger partial charge on any atom is -0.489 e. The fraction of sp³-hybridized carbons (Fsp3) is 0.333. The molecule has 7 nitrogen and oxygen atoms in total. The fourth-order valence-electron chi connectivity index (χ4n) is 4.46. The molecule has 0 heterocycles. The van der Waals surface area contributed by atoms with E-state index >= 15 is 0 Å². The summed E-state index contributed by atoms with van der Waals surface area (Å²) in [4.78, 5) is 0. The van der Waals surface area contributed by atoms with E-state index in [2.05, 4.69) is 0 Å². The van der Waals surface area contributed by atoms with Crippen molar-refractivity contribution >= 4 is 11.4 Å². The van der Waals surface area contributed by atoms with E-state index in [1.54, 1.807) is 0 Å². The average Bonchev–Trinajstić information content (AvgIpc) is 3.00. The van der Waals surface area contributed by atoms with Gasteiger partial charge >= 0.3 is 0 Å². The van der Waals surface area contributed by atoms with Crippen LogP contribution >= 0.6 is 0 Å². The van der Waals surface area contributed by atoms with Gasteiger partial charge in [0, 0.05) is 0 Å². The zero-order chi connectivity index (χ0) is 31.0. The Bertz CT molecular complexity index is 1340. The van der Waals surface area contributed by atoms with E-state index in [9.17, 15) is 10.4 Å². The summed E-state index contributed by atoms with van der Waals surface area (Å²) >= 11 is 0. The third kappa shape index (κ3) is 8.51. The Kier molecular flexibility index (Phi) is 10.3. The predicted molar refractivity (Wildman–Crippen MR) is 171 cm³/mol. The third-order valence-electron chi connectivity index (χ3n) is 6.76. The van der Waals surface area contributed by atoms with Gasteiger partial charge < -0.3 is 14.2 Å². The number of anilines is 2. The van der Waals surface area contributed by atoms with Crippen molar-refractivity contribution < 1.29 is 24.6 Å². The molecule has 0 N–H and O–H groups in total. The standard InChI is InChI=1S/C36H42N2O5/c1-35(2,3)37(39)31-25-29(27-13-9-7-10-14-27)17-19-33(31)42-23-21-41-22-24-43-34-20-18-30(28-15-11-8-12-16-28)26-32(34)38(40)36(4,5)6/h7-20,25-26H,21-24H2,1-6H3. The van der Waals surface area contributed by atoms with E-state index in [1.165, 1.54) is 0 Å². The van der Waals surface area contributed by atoms with Crippen molar-refractivity contribution in [2.45, 2.75) is 52.6 Å². The molecule has 0 aliphatic heterocycles. The van der Waals surface area contributed by atoms with Crippen LogP contribution in [0.2, 0.25) is 0 Å². The van der Waals surface area contributed by atoms with Crippen LogP contribution in [0.5, 0.6) is 11.5 Å². The number of hydroxylamine groups is 2. The summed E-state index contributed by atoms with van der Waals surface area (Å²) < 4.78 is 17.8. The normalized spacial score (nSPS) is 11.7. The molecule has 43 heavy (non-hydrogen) atoms. The number of ether oxygens (including phenoxy) is 3. The molecule has 4 rings (SSSR count). The second kappa shape index (κ2) is 14.0. The lowest BCUT2D eigenvalue weighted by atomic mass is 10.0. The molecule has 2 radical (unpaired) electrons. The van der Waals surface area contributed by atoms with Crippen LogP contribution in [0.25, 0.3) is 22.3 Å². The summed E-state index contributed by atoms with van der Waals surface area (Å²) in [7, 11) is 0. The molecule has 0 unspecified atom stereocenters. The van der Waals surface area contributed by atoms with E-state index in [4.69, 9.17) is 14.2 Å². The van der Waals surface area contributed by atoms with Gasteiger partial charge in [0.05, 0.1) is 24.3 Å². The molecule has 7 heteroatoms. The molecule has 0 saturated heterocycles. The van der Waals surface area contributed by atoms with Crippen molar-refractivity contribution in [3.63, 3.8) is 0 Å². The minimum atomic E-state index is -0.633. The van der Waals surface area contributed by atoms with Gasteiger partial charge in [0.15, 0.2) is 0 Å². The van der Waals surface area contributed by atoms with Crippen LogP contribution in [-0.4, -0.2) is 37.5 Å². The monoisotopic (exact) mass is 582 g/mol. The maximum absolute atomic E-state index is 13.2. The number of hydrogen-bond donors (Lipinski definition) is 0. The molecule has 0 aliphatic carbocycles. The molecule has 226 valence electrons. The smallest absolute Gasteiger partial charge is 0.145 e. The largest absolute Gasteiger partial charge is 0.489 e. The van der Waals surface area contributed by atoms with E-state index in [0.29, 0.717) is 36.1 Å². The Morgan fingerprint density at radius 1 is 0.488 bits per heavy atom. The van der Waals surface area contributed by atoms with Gasteiger partial charge in [0.25, 0.3) is 0 Å². The Morgan fingerprint density at radius 3 is 1.21 bits per heavy atom. The predicted octanol–water partition coefficient (Wildman–Crippen LogP) is 8.40. The van der Waals surface area contributed by atoms with Crippen molar-refractivity contribution in [3.05, 3.63) is 97.1 Å². The topological polar surface area (TPSA) is 74.0 Å².